The third kappa shape index (κ3) is 6.15. The molecule has 0 aromatic heterocycles. The second-order valence-electron chi connectivity index (χ2n) is 8.07. The van der Waals surface area contributed by atoms with Crippen LogP contribution in [0.1, 0.15) is 23.7 Å². The van der Waals surface area contributed by atoms with Gasteiger partial charge in [0.05, 0.1) is 12.4 Å². The number of carbonyl (C=O) groups is 2. The van der Waals surface area contributed by atoms with Gasteiger partial charge in [-0.05, 0) is 73.2 Å². The highest BCUT2D eigenvalue weighted by Crippen LogP contribution is 2.33. The fourth-order valence-corrected chi connectivity index (χ4v) is 4.75. The molecule has 0 radical (unpaired) electrons. The zero-order valence-electron chi connectivity index (χ0n) is 20.3. The van der Waals surface area contributed by atoms with Crippen molar-refractivity contribution in [2.45, 2.75) is 23.5 Å². The number of rotatable bonds is 9. The summed E-state index contributed by atoms with van der Waals surface area (Å²) in [4.78, 5) is 29.1. The molecule has 4 aromatic carbocycles. The molecule has 1 N–H and O–H groups in total. The van der Waals surface area contributed by atoms with Crippen LogP contribution in [0.3, 0.4) is 0 Å². The maximum absolute atomic E-state index is 13.7. The van der Waals surface area contributed by atoms with Crippen LogP contribution in [0.4, 0.5) is 17.1 Å². The van der Waals surface area contributed by atoms with Gasteiger partial charge >= 0.3 is 0 Å². The summed E-state index contributed by atoms with van der Waals surface area (Å²) in [6, 6.07) is 34.0. The van der Waals surface area contributed by atoms with E-state index in [1.54, 1.807) is 36.3 Å². The quantitative estimate of drug-likeness (QED) is 0.249. The number of benzene rings is 4. The van der Waals surface area contributed by atoms with Crippen LogP contribution in [-0.4, -0.2) is 24.2 Å². The monoisotopic (exact) mass is 496 g/mol. The predicted molar refractivity (Wildman–Crippen MR) is 147 cm³/mol. The largest absolute Gasteiger partial charge is 0.497 e. The van der Waals surface area contributed by atoms with E-state index in [-0.39, 0.29) is 17.1 Å². The Balaban J connectivity index is 1.48. The SMILES string of the molecule is CCC(Sc1ccc(NC(=O)c2cccc(OC)c2)cc1)C(=O)N(c1ccccc1)c1ccccc1. The molecule has 182 valence electrons. The Morgan fingerprint density at radius 3 is 2.00 bits per heavy atom. The lowest BCUT2D eigenvalue weighted by atomic mass is 10.2. The molecule has 4 aromatic rings. The molecule has 1 atom stereocenters. The Hall–Kier alpha value is -4.03. The van der Waals surface area contributed by atoms with Crippen molar-refractivity contribution in [2.24, 2.45) is 0 Å². The molecule has 2 amide bonds. The molecule has 0 spiro atoms. The van der Waals surface area contributed by atoms with Crippen LogP contribution in [-0.2, 0) is 4.79 Å². The lowest BCUT2D eigenvalue weighted by Crippen LogP contribution is -2.34. The number of hydrogen-bond acceptors (Lipinski definition) is 4. The third-order valence-electron chi connectivity index (χ3n) is 5.62. The van der Waals surface area contributed by atoms with Crippen molar-refractivity contribution in [3.63, 3.8) is 0 Å². The number of nitrogens with one attached hydrogen (secondary N) is 1. The van der Waals surface area contributed by atoms with Crippen molar-refractivity contribution in [3.05, 3.63) is 115 Å². The van der Waals surface area contributed by atoms with Gasteiger partial charge in [-0.1, -0.05) is 49.4 Å². The lowest BCUT2D eigenvalue weighted by Gasteiger charge is -2.27. The van der Waals surface area contributed by atoms with Gasteiger partial charge < -0.3 is 10.1 Å². The molecule has 0 fully saturated rings. The fraction of sp³-hybridized carbons (Fsp3) is 0.133. The van der Waals surface area contributed by atoms with E-state index in [1.165, 1.54) is 11.8 Å². The number of methoxy groups -OCH3 is 1. The molecule has 0 aliphatic carbocycles. The van der Waals surface area contributed by atoms with Gasteiger partial charge in [0.15, 0.2) is 0 Å². The van der Waals surface area contributed by atoms with Gasteiger partial charge in [-0.3, -0.25) is 14.5 Å². The standard InChI is InChI=1S/C30H28N2O3S/c1-3-28(30(34)32(24-12-6-4-7-13-24)25-14-8-5-9-15-25)36-27-19-17-23(18-20-27)31-29(33)22-11-10-16-26(21-22)35-2/h4-21,28H,3H2,1-2H3,(H,31,33). The molecular formula is C30H28N2O3S. The van der Waals surface area contributed by atoms with E-state index in [2.05, 4.69) is 5.32 Å². The molecule has 0 saturated heterocycles. The molecule has 36 heavy (non-hydrogen) atoms. The molecule has 0 saturated carbocycles. The average Bonchev–Trinajstić information content (AvgIpc) is 2.94. The minimum Gasteiger partial charge on any atom is -0.497 e. The molecule has 0 bridgehead atoms. The number of nitrogens with zero attached hydrogens (tertiary/aromatic N) is 1. The average molecular weight is 497 g/mol. The first kappa shape index (κ1) is 25.1. The molecule has 5 nitrogen and oxygen atoms in total. The number of anilines is 3. The van der Waals surface area contributed by atoms with Gasteiger partial charge in [0.1, 0.15) is 5.75 Å². The highest BCUT2D eigenvalue weighted by molar-refractivity contribution is 8.00. The van der Waals surface area contributed by atoms with Crippen molar-refractivity contribution in [2.75, 3.05) is 17.3 Å². The first-order chi connectivity index (χ1) is 17.6. The van der Waals surface area contributed by atoms with Gasteiger partial charge in [-0.2, -0.15) is 0 Å². The van der Waals surface area contributed by atoms with Crippen LogP contribution in [0.5, 0.6) is 5.75 Å². The first-order valence-electron chi connectivity index (χ1n) is 11.7. The van der Waals surface area contributed by atoms with E-state index >= 15 is 0 Å². The summed E-state index contributed by atoms with van der Waals surface area (Å²) in [6.07, 6.45) is 0.675. The second kappa shape index (κ2) is 12.1. The number of para-hydroxylation sites is 2. The minimum absolute atomic E-state index is 0.0234. The summed E-state index contributed by atoms with van der Waals surface area (Å²) >= 11 is 1.52. The smallest absolute Gasteiger partial charge is 0.255 e. The van der Waals surface area contributed by atoms with Gasteiger partial charge in [-0.25, -0.2) is 0 Å². The summed E-state index contributed by atoms with van der Waals surface area (Å²) in [7, 11) is 1.57. The van der Waals surface area contributed by atoms with Crippen LogP contribution in [0.2, 0.25) is 0 Å². The van der Waals surface area contributed by atoms with Gasteiger partial charge in [0, 0.05) is 27.5 Å². The maximum atomic E-state index is 13.7. The van der Waals surface area contributed by atoms with Crippen LogP contribution in [0.25, 0.3) is 0 Å². The molecule has 0 aliphatic rings. The summed E-state index contributed by atoms with van der Waals surface area (Å²) in [5.41, 5.74) is 2.87. The second-order valence-corrected chi connectivity index (χ2v) is 9.35. The number of thioether (sulfide) groups is 1. The van der Waals surface area contributed by atoms with Crippen molar-refractivity contribution in [1.29, 1.82) is 0 Å². The molecular weight excluding hydrogens is 468 g/mol. The van der Waals surface area contributed by atoms with E-state index in [0.29, 0.717) is 23.4 Å². The Morgan fingerprint density at radius 2 is 1.44 bits per heavy atom. The zero-order chi connectivity index (χ0) is 25.3. The number of hydrogen-bond donors (Lipinski definition) is 1. The first-order valence-corrected chi connectivity index (χ1v) is 12.6. The highest BCUT2D eigenvalue weighted by Gasteiger charge is 2.26. The Kier molecular flexibility index (Phi) is 8.42. The Labute approximate surface area is 216 Å². The van der Waals surface area contributed by atoms with E-state index in [4.69, 9.17) is 4.74 Å². The minimum atomic E-state index is -0.275. The molecule has 1 unspecified atom stereocenters. The summed E-state index contributed by atoms with van der Waals surface area (Å²) in [6.45, 7) is 2.02. The third-order valence-corrected chi connectivity index (χ3v) is 6.98. The fourth-order valence-electron chi connectivity index (χ4n) is 3.76. The van der Waals surface area contributed by atoms with Gasteiger partial charge in [0.2, 0.25) is 5.91 Å². The van der Waals surface area contributed by atoms with Crippen molar-refractivity contribution in [3.8, 4) is 5.75 Å². The number of ether oxygens (including phenoxy) is 1. The van der Waals surface area contributed by atoms with Gasteiger partial charge in [-0.15, -0.1) is 11.8 Å². The van der Waals surface area contributed by atoms with Crippen LogP contribution >= 0.6 is 11.8 Å². The normalized spacial score (nSPS) is 11.4. The van der Waals surface area contributed by atoms with Crippen LogP contribution < -0.4 is 15.0 Å². The van der Waals surface area contributed by atoms with Crippen LogP contribution in [0, 0.1) is 0 Å². The van der Waals surface area contributed by atoms with E-state index < -0.39 is 0 Å². The summed E-state index contributed by atoms with van der Waals surface area (Å²) < 4.78 is 5.20. The van der Waals surface area contributed by atoms with Gasteiger partial charge in [0.25, 0.3) is 5.91 Å². The van der Waals surface area contributed by atoms with Crippen molar-refractivity contribution < 1.29 is 14.3 Å². The Bertz CT molecular complexity index is 1260. The predicted octanol–water partition coefficient (Wildman–Crippen LogP) is 7.18. The molecule has 4 rings (SSSR count). The Morgan fingerprint density at radius 1 is 0.833 bits per heavy atom. The van der Waals surface area contributed by atoms with Crippen LogP contribution in [0.15, 0.2) is 114 Å². The molecule has 0 aliphatic heterocycles. The molecule has 6 heteroatoms. The number of carbonyl (C=O) groups excluding carboxylic acids is 2. The van der Waals surface area contributed by atoms with Crippen molar-refractivity contribution in [1.82, 2.24) is 0 Å². The molecule has 0 heterocycles. The summed E-state index contributed by atoms with van der Waals surface area (Å²) in [5, 5.41) is 2.63. The number of amides is 2. The maximum Gasteiger partial charge on any atom is 0.255 e. The topological polar surface area (TPSA) is 58.6 Å². The summed E-state index contributed by atoms with van der Waals surface area (Å²) in [5.74, 6) is 0.442. The van der Waals surface area contributed by atoms with E-state index in [1.807, 2.05) is 91.9 Å². The van der Waals surface area contributed by atoms with E-state index in [0.717, 1.165) is 16.3 Å². The van der Waals surface area contributed by atoms with Crippen molar-refractivity contribution >= 4 is 40.6 Å². The van der Waals surface area contributed by atoms with E-state index in [9.17, 15) is 9.59 Å². The zero-order valence-corrected chi connectivity index (χ0v) is 21.1. The lowest BCUT2D eigenvalue weighted by molar-refractivity contribution is -0.117. The highest BCUT2D eigenvalue weighted by atomic mass is 32.2.